The number of nitrogens with two attached hydrogens (primary N) is 1. The van der Waals surface area contributed by atoms with Crippen molar-refractivity contribution in [1.29, 1.82) is 0 Å². The molecule has 5 heteroatoms. The van der Waals surface area contributed by atoms with E-state index in [1.807, 2.05) is 35.9 Å². The molecule has 0 fully saturated rings. The molecule has 0 radical (unpaired) electrons. The first-order valence-corrected chi connectivity index (χ1v) is 6.03. The molecule has 1 aromatic carbocycles. The Bertz CT molecular complexity index is 537. The number of imidazole rings is 1. The molecule has 0 spiro atoms. The first-order valence-electron chi connectivity index (χ1n) is 5.23. The number of halogens is 1. The molecule has 4 nitrogen and oxygen atoms in total. The lowest BCUT2D eigenvalue weighted by Crippen LogP contribution is -2.05. The van der Waals surface area contributed by atoms with E-state index in [-0.39, 0.29) is 0 Å². The van der Waals surface area contributed by atoms with Gasteiger partial charge in [-0.15, -0.1) is 0 Å². The zero-order valence-corrected chi connectivity index (χ0v) is 11.4. The lowest BCUT2D eigenvalue weighted by Gasteiger charge is -2.08. The van der Waals surface area contributed by atoms with Crippen LogP contribution in [0.2, 0.25) is 0 Å². The van der Waals surface area contributed by atoms with E-state index in [9.17, 15) is 0 Å². The van der Waals surface area contributed by atoms with Gasteiger partial charge in [0.05, 0.1) is 18.4 Å². The molecule has 2 N–H and O–H groups in total. The van der Waals surface area contributed by atoms with Crippen LogP contribution in [-0.4, -0.2) is 16.7 Å². The Balaban J connectivity index is 2.61. The summed E-state index contributed by atoms with van der Waals surface area (Å²) >= 11 is 3.42. The molecule has 0 unspecified atom stereocenters. The highest BCUT2D eigenvalue weighted by molar-refractivity contribution is 9.10. The molecule has 17 heavy (non-hydrogen) atoms. The molecule has 0 bridgehead atoms. The summed E-state index contributed by atoms with van der Waals surface area (Å²) in [6.45, 7) is 0.444. The number of hydrogen-bond acceptors (Lipinski definition) is 3. The average molecular weight is 296 g/mol. The van der Waals surface area contributed by atoms with Gasteiger partial charge in [0.1, 0.15) is 16.2 Å². The fraction of sp³-hybridized carbons (Fsp3) is 0.250. The fourth-order valence-corrected chi connectivity index (χ4v) is 2.39. The molecule has 0 amide bonds. The van der Waals surface area contributed by atoms with Crippen LogP contribution < -0.4 is 10.5 Å². The molecule has 0 aliphatic rings. The molecule has 0 atom stereocenters. The normalized spacial score (nSPS) is 10.6. The van der Waals surface area contributed by atoms with Crippen molar-refractivity contribution in [2.75, 3.05) is 7.11 Å². The topological polar surface area (TPSA) is 53.1 Å². The van der Waals surface area contributed by atoms with Crippen LogP contribution in [0.15, 0.2) is 28.9 Å². The summed E-state index contributed by atoms with van der Waals surface area (Å²) in [6, 6.07) is 7.79. The minimum atomic E-state index is 0.444. The van der Waals surface area contributed by atoms with Crippen LogP contribution in [0, 0.1) is 0 Å². The van der Waals surface area contributed by atoms with Crippen LogP contribution in [0.4, 0.5) is 0 Å². The maximum Gasteiger partial charge on any atom is 0.145 e. The lowest BCUT2D eigenvalue weighted by molar-refractivity contribution is 0.416. The number of benzene rings is 1. The van der Waals surface area contributed by atoms with E-state index >= 15 is 0 Å². The molecule has 0 aliphatic heterocycles. The quantitative estimate of drug-likeness (QED) is 0.945. The van der Waals surface area contributed by atoms with Gasteiger partial charge in [-0.2, -0.15) is 0 Å². The summed E-state index contributed by atoms with van der Waals surface area (Å²) in [4.78, 5) is 4.48. The first kappa shape index (κ1) is 12.1. The van der Waals surface area contributed by atoms with Crippen molar-refractivity contribution in [3.8, 4) is 17.1 Å². The lowest BCUT2D eigenvalue weighted by atomic mass is 10.2. The van der Waals surface area contributed by atoms with Crippen molar-refractivity contribution < 1.29 is 4.74 Å². The minimum absolute atomic E-state index is 0.444. The Morgan fingerprint density at radius 3 is 2.71 bits per heavy atom. The van der Waals surface area contributed by atoms with Crippen LogP contribution >= 0.6 is 15.9 Å². The number of aromatic nitrogens is 2. The molecule has 2 aromatic rings. The summed E-state index contributed by atoms with van der Waals surface area (Å²) in [5.41, 5.74) is 7.61. The molecule has 90 valence electrons. The first-order chi connectivity index (χ1) is 8.19. The van der Waals surface area contributed by atoms with E-state index < -0.39 is 0 Å². The number of para-hydroxylation sites is 1. The summed E-state index contributed by atoms with van der Waals surface area (Å²) in [7, 11) is 3.60. The second kappa shape index (κ2) is 4.89. The Kier molecular flexibility index (Phi) is 3.49. The fourth-order valence-electron chi connectivity index (χ4n) is 1.79. The number of methoxy groups -OCH3 is 1. The van der Waals surface area contributed by atoms with Gasteiger partial charge < -0.3 is 15.0 Å². The molecule has 0 saturated heterocycles. The highest BCUT2D eigenvalue weighted by Crippen LogP contribution is 2.31. The van der Waals surface area contributed by atoms with Gasteiger partial charge in [0.15, 0.2) is 0 Å². The van der Waals surface area contributed by atoms with E-state index in [4.69, 9.17) is 10.5 Å². The van der Waals surface area contributed by atoms with Crippen molar-refractivity contribution in [1.82, 2.24) is 9.55 Å². The largest absolute Gasteiger partial charge is 0.496 e. The Morgan fingerprint density at radius 1 is 1.41 bits per heavy atom. The molecule has 1 heterocycles. The smallest absolute Gasteiger partial charge is 0.145 e. The molecule has 0 aliphatic carbocycles. The minimum Gasteiger partial charge on any atom is -0.496 e. The van der Waals surface area contributed by atoms with Gasteiger partial charge in [-0.25, -0.2) is 4.98 Å². The molecule has 2 rings (SSSR count). The van der Waals surface area contributed by atoms with Gasteiger partial charge in [0, 0.05) is 13.6 Å². The highest BCUT2D eigenvalue weighted by Gasteiger charge is 2.15. The van der Waals surface area contributed by atoms with Gasteiger partial charge in [0.25, 0.3) is 0 Å². The zero-order valence-electron chi connectivity index (χ0n) is 9.77. The number of nitrogens with zero attached hydrogens (tertiary/aromatic N) is 2. The van der Waals surface area contributed by atoms with Gasteiger partial charge in [0.2, 0.25) is 0 Å². The summed E-state index contributed by atoms with van der Waals surface area (Å²) in [6.07, 6.45) is 0. The van der Waals surface area contributed by atoms with Gasteiger partial charge in [-0.3, -0.25) is 0 Å². The second-order valence-electron chi connectivity index (χ2n) is 3.64. The predicted molar refractivity (Wildman–Crippen MR) is 70.8 cm³/mol. The van der Waals surface area contributed by atoms with Crippen LogP contribution in [0.1, 0.15) is 5.69 Å². The SMILES string of the molecule is COc1ccccc1-c1nc(Br)c(CN)n1C. The summed E-state index contributed by atoms with van der Waals surface area (Å²) in [5, 5.41) is 0. The van der Waals surface area contributed by atoms with Crippen LogP contribution in [0.5, 0.6) is 5.75 Å². The van der Waals surface area contributed by atoms with Crippen molar-refractivity contribution >= 4 is 15.9 Å². The average Bonchev–Trinajstić information content (AvgIpc) is 2.64. The van der Waals surface area contributed by atoms with Gasteiger partial charge >= 0.3 is 0 Å². The standard InChI is InChI=1S/C12H14BrN3O/c1-16-9(7-14)11(13)15-12(16)8-5-3-4-6-10(8)17-2/h3-6H,7,14H2,1-2H3. The highest BCUT2D eigenvalue weighted by atomic mass is 79.9. The van der Waals surface area contributed by atoms with Crippen LogP contribution in [0.3, 0.4) is 0 Å². The third kappa shape index (κ3) is 2.08. The molecular weight excluding hydrogens is 282 g/mol. The Labute approximate surface area is 109 Å². The van der Waals surface area contributed by atoms with E-state index in [1.165, 1.54) is 0 Å². The van der Waals surface area contributed by atoms with E-state index in [0.717, 1.165) is 27.4 Å². The number of rotatable bonds is 3. The number of hydrogen-bond donors (Lipinski definition) is 1. The Morgan fingerprint density at radius 2 is 2.12 bits per heavy atom. The maximum absolute atomic E-state index is 5.69. The molecular formula is C12H14BrN3O. The van der Waals surface area contributed by atoms with Crippen molar-refractivity contribution in [2.45, 2.75) is 6.54 Å². The van der Waals surface area contributed by atoms with Crippen molar-refractivity contribution in [3.05, 3.63) is 34.6 Å². The molecule has 1 aromatic heterocycles. The summed E-state index contributed by atoms with van der Waals surface area (Å²) in [5.74, 6) is 1.64. The second-order valence-corrected chi connectivity index (χ2v) is 4.39. The summed E-state index contributed by atoms with van der Waals surface area (Å²) < 4.78 is 8.09. The molecule has 0 saturated carbocycles. The zero-order chi connectivity index (χ0) is 12.4. The van der Waals surface area contributed by atoms with Gasteiger partial charge in [-0.1, -0.05) is 12.1 Å². The van der Waals surface area contributed by atoms with Crippen LogP contribution in [-0.2, 0) is 13.6 Å². The predicted octanol–water partition coefficient (Wildman–Crippen LogP) is 2.32. The monoisotopic (exact) mass is 295 g/mol. The van der Waals surface area contributed by atoms with E-state index in [0.29, 0.717) is 6.54 Å². The third-order valence-corrected chi connectivity index (χ3v) is 3.34. The van der Waals surface area contributed by atoms with Crippen molar-refractivity contribution in [2.24, 2.45) is 12.8 Å². The van der Waals surface area contributed by atoms with E-state index in [2.05, 4.69) is 20.9 Å². The number of ether oxygens (including phenoxy) is 1. The Hall–Kier alpha value is -1.33. The van der Waals surface area contributed by atoms with Gasteiger partial charge in [-0.05, 0) is 28.1 Å². The third-order valence-electron chi connectivity index (χ3n) is 2.71. The van der Waals surface area contributed by atoms with Crippen molar-refractivity contribution in [3.63, 3.8) is 0 Å². The van der Waals surface area contributed by atoms with E-state index in [1.54, 1.807) is 7.11 Å². The maximum atomic E-state index is 5.69. The van der Waals surface area contributed by atoms with Crippen LogP contribution in [0.25, 0.3) is 11.4 Å².